The lowest BCUT2D eigenvalue weighted by molar-refractivity contribution is 0.0170. The summed E-state index contributed by atoms with van der Waals surface area (Å²) in [5.74, 6) is 1.37. The van der Waals surface area contributed by atoms with E-state index < -0.39 is 0 Å². The predicted molar refractivity (Wildman–Crippen MR) is 137 cm³/mol. The third-order valence-corrected chi connectivity index (χ3v) is 5.18. The average molecular weight is 556 g/mol. The van der Waals surface area contributed by atoms with Crippen LogP contribution in [-0.2, 0) is 11.3 Å². The fourth-order valence-corrected chi connectivity index (χ4v) is 3.59. The summed E-state index contributed by atoms with van der Waals surface area (Å²) in [6.45, 7) is 8.46. The zero-order valence-electron chi connectivity index (χ0n) is 19.0. The Balaban J connectivity index is 0.00000363. The van der Waals surface area contributed by atoms with Crippen molar-refractivity contribution in [2.24, 2.45) is 4.99 Å². The van der Waals surface area contributed by atoms with Crippen LogP contribution in [0.2, 0.25) is 0 Å². The third kappa shape index (κ3) is 8.22. The molecule has 1 aliphatic rings. The lowest BCUT2D eigenvalue weighted by Crippen LogP contribution is -2.46. The Hall–Kier alpha value is -1.91. The van der Waals surface area contributed by atoms with E-state index in [-0.39, 0.29) is 41.9 Å². The minimum absolute atomic E-state index is 0. The van der Waals surface area contributed by atoms with Crippen molar-refractivity contribution in [2.45, 2.75) is 32.5 Å². The quantitative estimate of drug-likeness (QED) is 0.293. The van der Waals surface area contributed by atoms with Gasteiger partial charge in [0.2, 0.25) is 0 Å². The molecule has 0 aliphatic carbocycles. The van der Waals surface area contributed by atoms with Crippen LogP contribution in [0.1, 0.15) is 31.0 Å². The maximum atomic E-state index is 13.4. The third-order valence-electron chi connectivity index (χ3n) is 5.18. The number of halogens is 2. The highest BCUT2D eigenvalue weighted by atomic mass is 127. The number of hydrogen-bond donors (Lipinski definition) is 2. The molecule has 176 valence electrons. The molecule has 2 N–H and O–H groups in total. The van der Waals surface area contributed by atoms with E-state index in [1.54, 1.807) is 7.05 Å². The molecule has 2 aromatic rings. The SMILES string of the molecule is CN=C(NCc1ccc(OC(C)C)cc1)NCC(c1ccc(F)cc1)N1CCOCC1.I. The summed E-state index contributed by atoms with van der Waals surface area (Å²) in [5.41, 5.74) is 2.22. The van der Waals surface area contributed by atoms with Crippen molar-refractivity contribution in [3.63, 3.8) is 0 Å². The van der Waals surface area contributed by atoms with Gasteiger partial charge in [-0.2, -0.15) is 0 Å². The molecular formula is C24H34FIN4O2. The standard InChI is InChI=1S/C24H33FN4O2.HI/c1-18(2)31-22-10-4-19(5-11-22)16-27-24(26-3)28-17-23(29-12-14-30-15-13-29)20-6-8-21(25)9-7-20;/h4-11,18,23H,12-17H2,1-3H3,(H2,26,27,28);1H. The molecule has 3 rings (SSSR count). The molecule has 0 amide bonds. The summed E-state index contributed by atoms with van der Waals surface area (Å²) in [6, 6.07) is 14.9. The second-order valence-electron chi connectivity index (χ2n) is 7.83. The van der Waals surface area contributed by atoms with Crippen LogP contribution in [0.3, 0.4) is 0 Å². The maximum absolute atomic E-state index is 13.4. The number of hydrogen-bond acceptors (Lipinski definition) is 4. The second-order valence-corrected chi connectivity index (χ2v) is 7.83. The van der Waals surface area contributed by atoms with Crippen molar-refractivity contribution >= 4 is 29.9 Å². The molecule has 1 unspecified atom stereocenters. The number of nitrogens with one attached hydrogen (secondary N) is 2. The molecule has 2 aromatic carbocycles. The molecule has 1 aliphatic heterocycles. The number of morpholine rings is 1. The first-order valence-electron chi connectivity index (χ1n) is 10.8. The van der Waals surface area contributed by atoms with Crippen molar-refractivity contribution in [3.05, 3.63) is 65.5 Å². The molecule has 32 heavy (non-hydrogen) atoms. The van der Waals surface area contributed by atoms with Crippen molar-refractivity contribution in [1.29, 1.82) is 0 Å². The van der Waals surface area contributed by atoms with Gasteiger partial charge in [-0.15, -0.1) is 24.0 Å². The molecular weight excluding hydrogens is 522 g/mol. The predicted octanol–water partition coefficient (Wildman–Crippen LogP) is 3.97. The molecule has 0 aromatic heterocycles. The van der Waals surface area contributed by atoms with Crippen LogP contribution in [0.25, 0.3) is 0 Å². The molecule has 6 nitrogen and oxygen atoms in total. The molecule has 0 saturated carbocycles. The van der Waals surface area contributed by atoms with Crippen LogP contribution in [0, 0.1) is 5.82 Å². The molecule has 1 fully saturated rings. The second kappa shape index (κ2) is 13.6. The Morgan fingerprint density at radius 1 is 1.06 bits per heavy atom. The van der Waals surface area contributed by atoms with Crippen LogP contribution in [0.5, 0.6) is 5.75 Å². The van der Waals surface area contributed by atoms with Gasteiger partial charge < -0.3 is 20.1 Å². The largest absolute Gasteiger partial charge is 0.491 e. The van der Waals surface area contributed by atoms with Gasteiger partial charge in [0.25, 0.3) is 0 Å². The number of benzene rings is 2. The Morgan fingerprint density at radius 3 is 2.31 bits per heavy atom. The van der Waals surface area contributed by atoms with Gasteiger partial charge in [-0.3, -0.25) is 9.89 Å². The normalized spacial score (nSPS) is 15.7. The van der Waals surface area contributed by atoms with E-state index in [0.717, 1.165) is 35.9 Å². The van der Waals surface area contributed by atoms with Crippen LogP contribution in [0.15, 0.2) is 53.5 Å². The van der Waals surface area contributed by atoms with E-state index in [9.17, 15) is 4.39 Å². The summed E-state index contributed by atoms with van der Waals surface area (Å²) >= 11 is 0. The summed E-state index contributed by atoms with van der Waals surface area (Å²) in [4.78, 5) is 6.72. The molecule has 8 heteroatoms. The van der Waals surface area contributed by atoms with E-state index in [1.165, 1.54) is 12.1 Å². The van der Waals surface area contributed by atoms with Gasteiger partial charge in [-0.1, -0.05) is 24.3 Å². The number of nitrogens with zero attached hydrogens (tertiary/aromatic N) is 2. The molecule has 0 spiro atoms. The first kappa shape index (κ1) is 26.3. The molecule has 0 radical (unpaired) electrons. The van der Waals surface area contributed by atoms with E-state index >= 15 is 0 Å². The number of aliphatic imine (C=N–C) groups is 1. The van der Waals surface area contributed by atoms with Crippen molar-refractivity contribution in [3.8, 4) is 5.75 Å². The Kier molecular flexibility index (Phi) is 11.2. The fourth-order valence-electron chi connectivity index (χ4n) is 3.59. The topological polar surface area (TPSA) is 58.1 Å². The molecule has 0 bridgehead atoms. The monoisotopic (exact) mass is 556 g/mol. The number of ether oxygens (including phenoxy) is 2. The Bertz CT molecular complexity index is 825. The van der Waals surface area contributed by atoms with Gasteiger partial charge in [-0.05, 0) is 49.2 Å². The van der Waals surface area contributed by atoms with Gasteiger partial charge in [0.05, 0.1) is 25.4 Å². The zero-order valence-corrected chi connectivity index (χ0v) is 21.3. The van der Waals surface area contributed by atoms with Crippen LogP contribution < -0.4 is 15.4 Å². The van der Waals surface area contributed by atoms with Gasteiger partial charge in [0.15, 0.2) is 5.96 Å². The first-order chi connectivity index (χ1) is 15.0. The number of guanidine groups is 1. The van der Waals surface area contributed by atoms with Gasteiger partial charge in [0.1, 0.15) is 11.6 Å². The minimum Gasteiger partial charge on any atom is -0.491 e. The number of rotatable bonds is 8. The maximum Gasteiger partial charge on any atom is 0.191 e. The van der Waals surface area contributed by atoms with Gasteiger partial charge in [-0.25, -0.2) is 4.39 Å². The fraction of sp³-hybridized carbons (Fsp3) is 0.458. The van der Waals surface area contributed by atoms with Crippen LogP contribution >= 0.6 is 24.0 Å². The Morgan fingerprint density at radius 2 is 1.72 bits per heavy atom. The summed E-state index contributed by atoms with van der Waals surface area (Å²) < 4.78 is 24.6. The lowest BCUT2D eigenvalue weighted by Gasteiger charge is -2.35. The first-order valence-corrected chi connectivity index (χ1v) is 10.8. The molecule has 1 atom stereocenters. The lowest BCUT2D eigenvalue weighted by atomic mass is 10.0. The van der Waals surface area contributed by atoms with Crippen LogP contribution in [0.4, 0.5) is 4.39 Å². The van der Waals surface area contributed by atoms with Crippen molar-refractivity contribution in [2.75, 3.05) is 39.9 Å². The van der Waals surface area contributed by atoms with E-state index in [4.69, 9.17) is 9.47 Å². The zero-order chi connectivity index (χ0) is 22.1. The van der Waals surface area contributed by atoms with Crippen molar-refractivity contribution < 1.29 is 13.9 Å². The van der Waals surface area contributed by atoms with E-state index in [2.05, 4.69) is 20.5 Å². The van der Waals surface area contributed by atoms with Crippen molar-refractivity contribution in [1.82, 2.24) is 15.5 Å². The van der Waals surface area contributed by atoms with Gasteiger partial charge >= 0.3 is 0 Å². The molecule has 1 saturated heterocycles. The minimum atomic E-state index is -0.222. The highest BCUT2D eigenvalue weighted by molar-refractivity contribution is 14.0. The summed E-state index contributed by atoms with van der Waals surface area (Å²) in [5, 5.41) is 6.79. The smallest absolute Gasteiger partial charge is 0.191 e. The summed E-state index contributed by atoms with van der Waals surface area (Å²) in [6.07, 6.45) is 0.160. The average Bonchev–Trinajstić information content (AvgIpc) is 2.78. The molecule has 1 heterocycles. The van der Waals surface area contributed by atoms with E-state index in [1.807, 2.05) is 50.2 Å². The highest BCUT2D eigenvalue weighted by Gasteiger charge is 2.23. The highest BCUT2D eigenvalue weighted by Crippen LogP contribution is 2.21. The summed E-state index contributed by atoms with van der Waals surface area (Å²) in [7, 11) is 1.76. The van der Waals surface area contributed by atoms with E-state index in [0.29, 0.717) is 26.3 Å². The van der Waals surface area contributed by atoms with Gasteiger partial charge in [0, 0.05) is 33.2 Å². The van der Waals surface area contributed by atoms with Crippen LogP contribution in [-0.4, -0.2) is 56.9 Å². The Labute approximate surface area is 207 Å².